The first-order chi connectivity index (χ1) is 10.1. The van der Waals surface area contributed by atoms with E-state index in [9.17, 15) is 5.11 Å². The first-order valence-corrected chi connectivity index (χ1v) is 8.32. The summed E-state index contributed by atoms with van der Waals surface area (Å²) in [5.41, 5.74) is 1.98. The summed E-state index contributed by atoms with van der Waals surface area (Å²) in [5, 5.41) is 10.3. The minimum Gasteiger partial charge on any atom is -0.384 e. The van der Waals surface area contributed by atoms with Gasteiger partial charge in [-0.05, 0) is 31.5 Å². The number of thiazole rings is 1. The van der Waals surface area contributed by atoms with Crippen LogP contribution in [0.5, 0.6) is 0 Å². The van der Waals surface area contributed by atoms with Crippen LogP contribution in [0.25, 0.3) is 10.2 Å². The Hall–Kier alpha value is -1.50. The van der Waals surface area contributed by atoms with Crippen molar-refractivity contribution in [1.82, 2.24) is 15.0 Å². The fourth-order valence-electron chi connectivity index (χ4n) is 1.89. The fraction of sp³-hybridized carbons (Fsp3) is 0.267. The van der Waals surface area contributed by atoms with Gasteiger partial charge in [-0.3, -0.25) is 0 Å². The van der Waals surface area contributed by atoms with Crippen molar-refractivity contribution in [2.75, 3.05) is 0 Å². The lowest BCUT2D eigenvalue weighted by molar-refractivity contribution is 0.169. The first-order valence-electron chi connectivity index (χ1n) is 6.62. The fourth-order valence-corrected chi connectivity index (χ4v) is 4.22. The number of aryl methyl sites for hydroxylation is 1. The second-order valence-corrected chi connectivity index (χ2v) is 7.49. The van der Waals surface area contributed by atoms with Gasteiger partial charge in [0.05, 0.1) is 10.2 Å². The van der Waals surface area contributed by atoms with E-state index in [1.54, 1.807) is 35.5 Å². The molecule has 0 radical (unpaired) electrons. The highest BCUT2D eigenvalue weighted by atomic mass is 32.2. The van der Waals surface area contributed by atoms with E-state index in [-0.39, 0.29) is 5.25 Å². The van der Waals surface area contributed by atoms with Crippen LogP contribution in [0, 0.1) is 6.92 Å². The van der Waals surface area contributed by atoms with Crippen LogP contribution in [0.15, 0.2) is 41.0 Å². The Balaban J connectivity index is 1.75. The van der Waals surface area contributed by atoms with Crippen LogP contribution >= 0.6 is 23.1 Å². The molecule has 0 saturated carbocycles. The van der Waals surface area contributed by atoms with Crippen LogP contribution in [-0.2, 0) is 0 Å². The van der Waals surface area contributed by atoms with E-state index in [0.717, 1.165) is 20.1 Å². The molecule has 21 heavy (non-hydrogen) atoms. The van der Waals surface area contributed by atoms with Crippen molar-refractivity contribution in [1.29, 1.82) is 0 Å². The number of hydrogen-bond acceptors (Lipinski definition) is 6. The molecule has 2 heterocycles. The lowest BCUT2D eigenvalue weighted by Gasteiger charge is -2.15. The Morgan fingerprint density at radius 2 is 1.90 bits per heavy atom. The maximum atomic E-state index is 10.3. The predicted molar refractivity (Wildman–Crippen MR) is 86.7 cm³/mol. The second kappa shape index (κ2) is 6.09. The van der Waals surface area contributed by atoms with Gasteiger partial charge in [0.25, 0.3) is 0 Å². The van der Waals surface area contributed by atoms with Crippen LogP contribution in [0.3, 0.4) is 0 Å². The van der Waals surface area contributed by atoms with Crippen molar-refractivity contribution < 1.29 is 5.11 Å². The number of thioether (sulfide) groups is 1. The van der Waals surface area contributed by atoms with Crippen LogP contribution in [-0.4, -0.2) is 25.3 Å². The summed E-state index contributed by atoms with van der Waals surface area (Å²) in [6.07, 6.45) is 2.74. The largest absolute Gasteiger partial charge is 0.384 e. The smallest absolute Gasteiger partial charge is 0.157 e. The van der Waals surface area contributed by atoms with E-state index < -0.39 is 6.10 Å². The standard InChI is InChI=1S/C15H15N3OS2/c1-9-7-16-14(17-8-9)13(19)10(2)20-15-18-11-5-3-4-6-12(11)21-15/h3-8,10,13,19H,1-2H3/t10-,13+/m0/s1. The van der Waals surface area contributed by atoms with Gasteiger partial charge in [-0.25, -0.2) is 15.0 Å². The Morgan fingerprint density at radius 3 is 2.62 bits per heavy atom. The third kappa shape index (κ3) is 3.23. The average molecular weight is 317 g/mol. The zero-order valence-electron chi connectivity index (χ0n) is 11.7. The molecule has 0 spiro atoms. The molecule has 1 N–H and O–H groups in total. The Kier molecular flexibility index (Phi) is 4.19. The molecule has 3 rings (SSSR count). The lowest BCUT2D eigenvalue weighted by atomic mass is 10.2. The molecule has 108 valence electrons. The van der Waals surface area contributed by atoms with Crippen LogP contribution in [0.2, 0.25) is 0 Å². The maximum absolute atomic E-state index is 10.3. The number of nitrogens with zero attached hydrogens (tertiary/aromatic N) is 3. The van der Waals surface area contributed by atoms with Gasteiger partial charge in [0.2, 0.25) is 0 Å². The molecule has 2 aromatic heterocycles. The molecule has 0 aliphatic heterocycles. The third-order valence-corrected chi connectivity index (χ3v) is 5.36. The van der Waals surface area contributed by atoms with Gasteiger partial charge in [-0.2, -0.15) is 0 Å². The third-order valence-electron chi connectivity index (χ3n) is 3.07. The monoisotopic (exact) mass is 317 g/mol. The van der Waals surface area contributed by atoms with Crippen molar-refractivity contribution in [3.05, 3.63) is 48.0 Å². The average Bonchev–Trinajstić information content (AvgIpc) is 2.89. The summed E-state index contributed by atoms with van der Waals surface area (Å²) >= 11 is 3.19. The molecule has 4 nitrogen and oxygen atoms in total. The number of para-hydroxylation sites is 1. The Bertz CT molecular complexity index is 709. The minimum atomic E-state index is -0.706. The quantitative estimate of drug-likeness (QED) is 0.745. The van der Waals surface area contributed by atoms with Crippen molar-refractivity contribution in [3.8, 4) is 0 Å². The van der Waals surface area contributed by atoms with Gasteiger partial charge in [0, 0.05) is 17.6 Å². The molecule has 0 aliphatic rings. The number of fused-ring (bicyclic) bond motifs is 1. The number of hydrogen-bond donors (Lipinski definition) is 1. The molecule has 0 fully saturated rings. The highest BCUT2D eigenvalue weighted by Gasteiger charge is 2.21. The number of aliphatic hydroxyl groups is 1. The Morgan fingerprint density at radius 1 is 1.19 bits per heavy atom. The molecule has 0 amide bonds. The van der Waals surface area contributed by atoms with Crippen LogP contribution in [0.1, 0.15) is 24.4 Å². The molecule has 0 aliphatic carbocycles. The topological polar surface area (TPSA) is 58.9 Å². The first kappa shape index (κ1) is 14.4. The van der Waals surface area contributed by atoms with Crippen molar-refractivity contribution in [2.24, 2.45) is 0 Å². The number of benzene rings is 1. The molecule has 0 bridgehead atoms. The van der Waals surface area contributed by atoms with E-state index in [4.69, 9.17) is 0 Å². The van der Waals surface area contributed by atoms with Gasteiger partial charge < -0.3 is 5.11 Å². The SMILES string of the molecule is Cc1cnc([C@H](O)[C@H](C)Sc2nc3ccccc3s2)nc1. The molecule has 0 saturated heterocycles. The van der Waals surface area contributed by atoms with E-state index in [2.05, 4.69) is 21.0 Å². The molecular weight excluding hydrogens is 302 g/mol. The second-order valence-electron chi connectivity index (χ2n) is 4.83. The summed E-state index contributed by atoms with van der Waals surface area (Å²) in [7, 11) is 0. The summed E-state index contributed by atoms with van der Waals surface area (Å²) in [4.78, 5) is 13.0. The molecule has 1 aromatic carbocycles. The zero-order valence-corrected chi connectivity index (χ0v) is 13.4. The normalized spacial score (nSPS) is 14.2. The van der Waals surface area contributed by atoms with E-state index in [0.29, 0.717) is 5.82 Å². The van der Waals surface area contributed by atoms with Crippen LogP contribution in [0.4, 0.5) is 0 Å². The van der Waals surface area contributed by atoms with Crippen molar-refractivity contribution in [2.45, 2.75) is 29.5 Å². The van der Waals surface area contributed by atoms with Crippen molar-refractivity contribution >= 4 is 33.3 Å². The minimum absolute atomic E-state index is 0.0618. The molecule has 2 atom stereocenters. The van der Waals surface area contributed by atoms with E-state index >= 15 is 0 Å². The van der Waals surface area contributed by atoms with Gasteiger partial charge in [0.15, 0.2) is 10.2 Å². The molecule has 0 unspecified atom stereocenters. The van der Waals surface area contributed by atoms with Gasteiger partial charge in [-0.1, -0.05) is 23.9 Å². The summed E-state index contributed by atoms with van der Waals surface area (Å²) in [5.74, 6) is 0.460. The summed E-state index contributed by atoms with van der Waals surface area (Å²) < 4.78 is 2.11. The molecule has 6 heteroatoms. The Labute approximate surface area is 131 Å². The van der Waals surface area contributed by atoms with E-state index in [1.807, 2.05) is 32.0 Å². The molecule has 3 aromatic rings. The van der Waals surface area contributed by atoms with Crippen LogP contribution < -0.4 is 0 Å². The summed E-state index contributed by atoms with van der Waals surface area (Å²) in [6.45, 7) is 3.89. The summed E-state index contributed by atoms with van der Waals surface area (Å²) in [6, 6.07) is 8.05. The maximum Gasteiger partial charge on any atom is 0.157 e. The zero-order chi connectivity index (χ0) is 14.8. The number of aromatic nitrogens is 3. The highest BCUT2D eigenvalue weighted by Crippen LogP contribution is 2.35. The van der Waals surface area contributed by atoms with Gasteiger partial charge in [0.1, 0.15) is 6.10 Å². The van der Waals surface area contributed by atoms with Crippen molar-refractivity contribution in [3.63, 3.8) is 0 Å². The highest BCUT2D eigenvalue weighted by molar-refractivity contribution is 8.01. The predicted octanol–water partition coefficient (Wildman–Crippen LogP) is 3.61. The van der Waals surface area contributed by atoms with E-state index in [1.165, 1.54) is 0 Å². The number of aliphatic hydroxyl groups excluding tert-OH is 1. The lowest BCUT2D eigenvalue weighted by Crippen LogP contribution is -2.14. The molecular formula is C15H15N3OS2. The van der Waals surface area contributed by atoms with Gasteiger partial charge in [-0.15, -0.1) is 11.3 Å². The van der Waals surface area contributed by atoms with Gasteiger partial charge >= 0.3 is 0 Å². The number of rotatable bonds is 4.